The van der Waals surface area contributed by atoms with E-state index in [1.54, 1.807) is 41.3 Å². The molecule has 0 spiro atoms. The van der Waals surface area contributed by atoms with Gasteiger partial charge in [0.15, 0.2) is 11.5 Å². The van der Waals surface area contributed by atoms with Gasteiger partial charge in [-0.1, -0.05) is 18.2 Å². The molecule has 0 aromatic heterocycles. The summed E-state index contributed by atoms with van der Waals surface area (Å²) >= 11 is 0. The van der Waals surface area contributed by atoms with Crippen LogP contribution in [0.4, 0.5) is 4.39 Å². The van der Waals surface area contributed by atoms with E-state index in [0.29, 0.717) is 55.5 Å². The van der Waals surface area contributed by atoms with Crippen molar-refractivity contribution >= 4 is 5.91 Å². The van der Waals surface area contributed by atoms with Crippen LogP contribution in [0.25, 0.3) is 0 Å². The van der Waals surface area contributed by atoms with E-state index in [9.17, 15) is 9.18 Å². The van der Waals surface area contributed by atoms with E-state index in [1.165, 1.54) is 6.07 Å². The average molecular weight is 343 g/mol. The highest BCUT2D eigenvalue weighted by atomic mass is 19.1. The number of hydrogen-bond acceptors (Lipinski definition) is 4. The van der Waals surface area contributed by atoms with Crippen LogP contribution in [-0.4, -0.2) is 43.7 Å². The second-order valence-corrected chi connectivity index (χ2v) is 5.99. The van der Waals surface area contributed by atoms with Crippen LogP contribution in [0.3, 0.4) is 0 Å². The van der Waals surface area contributed by atoms with E-state index in [4.69, 9.17) is 14.2 Å². The molecule has 25 heavy (non-hydrogen) atoms. The van der Waals surface area contributed by atoms with Crippen molar-refractivity contribution in [2.45, 2.75) is 6.10 Å². The molecule has 0 aliphatic carbocycles. The molecule has 0 unspecified atom stereocenters. The number of fused-ring (bicyclic) bond motifs is 1. The van der Waals surface area contributed by atoms with Gasteiger partial charge in [0, 0.05) is 17.7 Å². The number of carbonyl (C=O) groups excluding carboxylic acids is 1. The van der Waals surface area contributed by atoms with Crippen molar-refractivity contribution in [2.75, 3.05) is 32.9 Å². The molecule has 0 bridgehead atoms. The number of benzene rings is 2. The molecule has 4 rings (SSSR count). The largest absolute Gasteiger partial charge is 0.486 e. The molecule has 1 saturated heterocycles. The van der Waals surface area contributed by atoms with Crippen LogP contribution < -0.4 is 9.47 Å². The maximum atomic E-state index is 14.0. The molecule has 1 atom stereocenters. The standard InChI is InChI=1S/C19H18FNO4/c20-15-4-2-1-3-14(15)18-12-21(7-8-23-18)19(22)13-5-6-16-17(11-13)25-10-9-24-16/h1-6,11,18H,7-10,12H2/t18-/m1/s1. The Kier molecular flexibility index (Phi) is 4.28. The number of rotatable bonds is 2. The van der Waals surface area contributed by atoms with Crippen LogP contribution in [-0.2, 0) is 4.74 Å². The molecule has 0 radical (unpaired) electrons. The monoisotopic (exact) mass is 343 g/mol. The van der Waals surface area contributed by atoms with Crippen molar-refractivity contribution in [2.24, 2.45) is 0 Å². The number of amides is 1. The molecular formula is C19H18FNO4. The number of morpholine rings is 1. The molecule has 6 heteroatoms. The quantitative estimate of drug-likeness (QED) is 0.841. The average Bonchev–Trinajstić information content (AvgIpc) is 2.67. The first-order valence-corrected chi connectivity index (χ1v) is 8.27. The Balaban J connectivity index is 1.53. The number of ether oxygens (including phenoxy) is 3. The summed E-state index contributed by atoms with van der Waals surface area (Å²) in [5, 5.41) is 0. The van der Waals surface area contributed by atoms with Crippen LogP contribution in [0, 0.1) is 5.82 Å². The molecule has 1 fully saturated rings. The van der Waals surface area contributed by atoms with E-state index in [2.05, 4.69) is 0 Å². The van der Waals surface area contributed by atoms with E-state index < -0.39 is 6.10 Å². The molecule has 2 aromatic rings. The van der Waals surface area contributed by atoms with E-state index in [-0.39, 0.29) is 11.7 Å². The summed E-state index contributed by atoms with van der Waals surface area (Å²) in [4.78, 5) is 14.5. The summed E-state index contributed by atoms with van der Waals surface area (Å²) < 4.78 is 30.7. The molecular weight excluding hydrogens is 325 g/mol. The third-order valence-electron chi connectivity index (χ3n) is 4.39. The Morgan fingerprint density at radius 2 is 1.84 bits per heavy atom. The zero-order valence-electron chi connectivity index (χ0n) is 13.6. The van der Waals surface area contributed by atoms with Crippen LogP contribution in [0.1, 0.15) is 22.0 Å². The highest BCUT2D eigenvalue weighted by Crippen LogP contribution is 2.32. The lowest BCUT2D eigenvalue weighted by atomic mass is 10.1. The molecule has 2 aliphatic rings. The summed E-state index contributed by atoms with van der Waals surface area (Å²) in [7, 11) is 0. The Bertz CT molecular complexity index is 795. The third kappa shape index (κ3) is 3.17. The van der Waals surface area contributed by atoms with Gasteiger partial charge in [0.25, 0.3) is 5.91 Å². The van der Waals surface area contributed by atoms with Gasteiger partial charge < -0.3 is 19.1 Å². The van der Waals surface area contributed by atoms with Crippen molar-refractivity contribution in [3.63, 3.8) is 0 Å². The van der Waals surface area contributed by atoms with Gasteiger partial charge in [0.05, 0.1) is 13.2 Å². The Morgan fingerprint density at radius 3 is 2.68 bits per heavy atom. The van der Waals surface area contributed by atoms with Crippen molar-refractivity contribution in [1.82, 2.24) is 4.90 Å². The van der Waals surface area contributed by atoms with Crippen LogP contribution in [0.2, 0.25) is 0 Å². The zero-order chi connectivity index (χ0) is 17.2. The molecule has 5 nitrogen and oxygen atoms in total. The Morgan fingerprint density at radius 1 is 1.04 bits per heavy atom. The molecule has 2 heterocycles. The summed E-state index contributed by atoms with van der Waals surface area (Å²) in [5.74, 6) is 0.785. The second-order valence-electron chi connectivity index (χ2n) is 5.99. The first-order chi connectivity index (χ1) is 12.2. The van der Waals surface area contributed by atoms with Crippen molar-refractivity contribution in [3.05, 3.63) is 59.4 Å². The van der Waals surface area contributed by atoms with Crippen LogP contribution >= 0.6 is 0 Å². The normalized spacial score (nSPS) is 19.6. The van der Waals surface area contributed by atoms with Gasteiger partial charge in [-0.15, -0.1) is 0 Å². The predicted octanol–water partition coefficient (Wildman–Crippen LogP) is 2.81. The number of halogens is 1. The summed E-state index contributed by atoms with van der Waals surface area (Å²) in [6, 6.07) is 11.7. The van der Waals surface area contributed by atoms with Crippen LogP contribution in [0.15, 0.2) is 42.5 Å². The first-order valence-electron chi connectivity index (χ1n) is 8.27. The minimum atomic E-state index is -0.462. The fourth-order valence-electron chi connectivity index (χ4n) is 3.12. The second kappa shape index (κ2) is 6.72. The SMILES string of the molecule is O=C(c1ccc2c(c1)OCCO2)N1CCO[C@@H](c2ccccc2F)C1. The lowest BCUT2D eigenvalue weighted by Crippen LogP contribution is -2.42. The topological polar surface area (TPSA) is 48.0 Å². The summed E-state index contributed by atoms with van der Waals surface area (Å²) in [6.45, 7) is 2.13. The van der Waals surface area contributed by atoms with Gasteiger partial charge in [0.1, 0.15) is 25.1 Å². The summed E-state index contributed by atoms with van der Waals surface area (Å²) in [5.41, 5.74) is 1.00. The Labute approximate surface area is 144 Å². The predicted molar refractivity (Wildman–Crippen MR) is 88.4 cm³/mol. The minimum Gasteiger partial charge on any atom is -0.486 e. The van der Waals surface area contributed by atoms with E-state index in [1.807, 2.05) is 0 Å². The molecule has 130 valence electrons. The van der Waals surface area contributed by atoms with Gasteiger partial charge in [-0.3, -0.25) is 4.79 Å². The lowest BCUT2D eigenvalue weighted by Gasteiger charge is -2.33. The molecule has 2 aromatic carbocycles. The van der Waals surface area contributed by atoms with E-state index in [0.717, 1.165) is 0 Å². The highest BCUT2D eigenvalue weighted by molar-refractivity contribution is 5.95. The molecule has 2 aliphatic heterocycles. The molecule has 0 N–H and O–H groups in total. The maximum Gasteiger partial charge on any atom is 0.254 e. The first kappa shape index (κ1) is 15.9. The number of nitrogens with zero attached hydrogens (tertiary/aromatic N) is 1. The van der Waals surface area contributed by atoms with Gasteiger partial charge in [0.2, 0.25) is 0 Å². The zero-order valence-corrected chi connectivity index (χ0v) is 13.6. The van der Waals surface area contributed by atoms with Crippen molar-refractivity contribution < 1.29 is 23.4 Å². The molecule has 1 amide bonds. The minimum absolute atomic E-state index is 0.124. The van der Waals surface area contributed by atoms with Gasteiger partial charge >= 0.3 is 0 Å². The summed E-state index contributed by atoms with van der Waals surface area (Å²) in [6.07, 6.45) is -0.462. The van der Waals surface area contributed by atoms with Gasteiger partial charge in [-0.25, -0.2) is 4.39 Å². The lowest BCUT2D eigenvalue weighted by molar-refractivity contribution is -0.0243. The smallest absolute Gasteiger partial charge is 0.254 e. The fourth-order valence-corrected chi connectivity index (χ4v) is 3.12. The fraction of sp³-hybridized carbons (Fsp3) is 0.316. The van der Waals surface area contributed by atoms with E-state index >= 15 is 0 Å². The molecule has 0 saturated carbocycles. The van der Waals surface area contributed by atoms with Crippen molar-refractivity contribution in [1.29, 1.82) is 0 Å². The van der Waals surface area contributed by atoms with Gasteiger partial charge in [-0.05, 0) is 24.3 Å². The van der Waals surface area contributed by atoms with Crippen molar-refractivity contribution in [3.8, 4) is 11.5 Å². The number of carbonyl (C=O) groups is 1. The third-order valence-corrected chi connectivity index (χ3v) is 4.39. The van der Waals surface area contributed by atoms with Crippen LogP contribution in [0.5, 0.6) is 11.5 Å². The van der Waals surface area contributed by atoms with Gasteiger partial charge in [-0.2, -0.15) is 0 Å². The maximum absolute atomic E-state index is 14.0. The Hall–Kier alpha value is -2.60. The number of hydrogen-bond donors (Lipinski definition) is 0. The highest BCUT2D eigenvalue weighted by Gasteiger charge is 2.28.